The van der Waals surface area contributed by atoms with Crippen LogP contribution in [0.25, 0.3) is 0 Å². The largest absolute Gasteiger partial charge is 0.489 e. The van der Waals surface area contributed by atoms with Crippen LogP contribution in [0.15, 0.2) is 43.0 Å². The van der Waals surface area contributed by atoms with Crippen LogP contribution in [0.2, 0.25) is 0 Å². The van der Waals surface area contributed by atoms with Crippen molar-refractivity contribution in [3.05, 3.63) is 43.0 Å². The summed E-state index contributed by atoms with van der Waals surface area (Å²) in [5, 5.41) is 0. The van der Waals surface area contributed by atoms with Crippen LogP contribution < -0.4 is 4.74 Å². The fourth-order valence-electron chi connectivity index (χ4n) is 3.12. The third kappa shape index (κ3) is 3.75. The average Bonchev–Trinajstić information content (AvgIpc) is 3.09. The Balaban J connectivity index is 1.61. The highest BCUT2D eigenvalue weighted by molar-refractivity contribution is 7.99. The van der Waals surface area contributed by atoms with Crippen LogP contribution in [0.3, 0.4) is 0 Å². The molecule has 2 heterocycles. The summed E-state index contributed by atoms with van der Waals surface area (Å²) in [5.74, 6) is 2.21. The average molecular weight is 346 g/mol. The van der Waals surface area contributed by atoms with Crippen LogP contribution in [0.4, 0.5) is 0 Å². The smallest absolute Gasteiger partial charge is 0.246 e. The number of hydrogen-bond acceptors (Lipinski definition) is 4. The summed E-state index contributed by atoms with van der Waals surface area (Å²) in [6.07, 6.45) is 2.12. The minimum atomic E-state index is -0.385. The summed E-state index contributed by atoms with van der Waals surface area (Å²) in [4.78, 5) is 28.3. The summed E-state index contributed by atoms with van der Waals surface area (Å²) in [5.41, 5.74) is 0. The van der Waals surface area contributed by atoms with E-state index in [0.717, 1.165) is 17.9 Å². The summed E-state index contributed by atoms with van der Waals surface area (Å²) in [7, 11) is 0. The molecule has 2 fully saturated rings. The Labute approximate surface area is 146 Å². The molecule has 0 bridgehead atoms. The lowest BCUT2D eigenvalue weighted by molar-refractivity contribution is -0.142. The van der Waals surface area contributed by atoms with Gasteiger partial charge in [-0.25, -0.2) is 0 Å². The molecule has 2 aliphatic heterocycles. The lowest BCUT2D eigenvalue weighted by Crippen LogP contribution is -2.54. The van der Waals surface area contributed by atoms with E-state index >= 15 is 0 Å². The molecular formula is C18H22N2O3S. The quantitative estimate of drug-likeness (QED) is 0.780. The van der Waals surface area contributed by atoms with E-state index in [1.165, 1.54) is 6.08 Å². The number of benzene rings is 1. The summed E-state index contributed by atoms with van der Waals surface area (Å²) >= 11 is 1.72. The van der Waals surface area contributed by atoms with E-state index in [1.807, 2.05) is 35.2 Å². The monoisotopic (exact) mass is 346 g/mol. The van der Waals surface area contributed by atoms with Crippen LogP contribution in [-0.4, -0.2) is 64.9 Å². The Hall–Kier alpha value is -1.95. The van der Waals surface area contributed by atoms with Crippen LogP contribution in [0, 0.1) is 0 Å². The Kier molecular flexibility index (Phi) is 5.45. The number of carbonyl (C=O) groups is 2. The molecule has 0 radical (unpaired) electrons. The molecule has 1 aromatic carbocycles. The fourth-order valence-corrected chi connectivity index (χ4v) is 4.15. The molecule has 1 aromatic rings. The van der Waals surface area contributed by atoms with Gasteiger partial charge in [0.15, 0.2) is 0 Å². The Bertz CT molecular complexity index is 608. The molecule has 0 aliphatic carbocycles. The van der Waals surface area contributed by atoms with Crippen molar-refractivity contribution in [2.75, 3.05) is 31.1 Å². The molecule has 1 unspecified atom stereocenters. The standard InChI is InChI=1S/C18H22N2O3S/c1-2-17(21)20-10-11-24-13-16(20)18(22)19-9-8-15(12-19)23-14-6-4-3-5-7-14/h2-7,15-16H,1,8-13H2/t15-,16?/m1/s1. The molecule has 2 saturated heterocycles. The molecule has 5 nitrogen and oxygen atoms in total. The van der Waals surface area contributed by atoms with Crippen LogP contribution in [0.1, 0.15) is 6.42 Å². The summed E-state index contributed by atoms with van der Waals surface area (Å²) < 4.78 is 5.94. The van der Waals surface area contributed by atoms with E-state index in [-0.39, 0.29) is 24.0 Å². The third-order valence-electron chi connectivity index (χ3n) is 4.37. The molecular weight excluding hydrogens is 324 g/mol. The van der Waals surface area contributed by atoms with Gasteiger partial charge in [0.05, 0.1) is 6.54 Å². The molecule has 2 atom stereocenters. The maximum Gasteiger partial charge on any atom is 0.246 e. The highest BCUT2D eigenvalue weighted by atomic mass is 32.2. The Morgan fingerprint density at radius 1 is 1.25 bits per heavy atom. The molecule has 0 aromatic heterocycles. The van der Waals surface area contributed by atoms with Crippen molar-refractivity contribution < 1.29 is 14.3 Å². The maximum atomic E-state index is 12.9. The van der Waals surface area contributed by atoms with Gasteiger partial charge in [-0.15, -0.1) is 0 Å². The fraction of sp³-hybridized carbons (Fsp3) is 0.444. The first-order valence-corrected chi connectivity index (χ1v) is 9.36. The van der Waals surface area contributed by atoms with Crippen molar-refractivity contribution in [3.8, 4) is 5.75 Å². The number of nitrogens with zero attached hydrogens (tertiary/aromatic N) is 2. The summed E-state index contributed by atoms with van der Waals surface area (Å²) in [6, 6.07) is 9.28. The number of likely N-dealkylation sites (tertiary alicyclic amines) is 1. The van der Waals surface area contributed by atoms with Gasteiger partial charge < -0.3 is 14.5 Å². The van der Waals surface area contributed by atoms with Gasteiger partial charge in [-0.1, -0.05) is 24.8 Å². The van der Waals surface area contributed by atoms with E-state index in [2.05, 4.69) is 6.58 Å². The van der Waals surface area contributed by atoms with Crippen LogP contribution >= 0.6 is 11.8 Å². The number of ether oxygens (including phenoxy) is 1. The molecule has 0 N–H and O–H groups in total. The number of hydrogen-bond donors (Lipinski definition) is 0. The zero-order chi connectivity index (χ0) is 16.9. The second kappa shape index (κ2) is 7.75. The predicted molar refractivity (Wildman–Crippen MR) is 95.1 cm³/mol. The summed E-state index contributed by atoms with van der Waals surface area (Å²) in [6.45, 7) is 5.39. The number of carbonyl (C=O) groups excluding carboxylic acids is 2. The number of para-hydroxylation sites is 1. The molecule has 2 aliphatic rings. The molecule has 6 heteroatoms. The van der Waals surface area contributed by atoms with Gasteiger partial charge in [0.1, 0.15) is 17.9 Å². The SMILES string of the molecule is C=CC(=O)N1CCSCC1C(=O)N1CC[C@@H](Oc2ccccc2)C1. The van der Waals surface area contributed by atoms with E-state index in [4.69, 9.17) is 4.74 Å². The normalized spacial score (nSPS) is 23.8. The van der Waals surface area contributed by atoms with Crippen LogP contribution in [0.5, 0.6) is 5.75 Å². The van der Waals surface area contributed by atoms with Crippen molar-refractivity contribution in [2.24, 2.45) is 0 Å². The van der Waals surface area contributed by atoms with Gasteiger partial charge in [0.25, 0.3) is 0 Å². The van der Waals surface area contributed by atoms with Gasteiger partial charge in [0.2, 0.25) is 11.8 Å². The number of rotatable bonds is 4. The van der Waals surface area contributed by atoms with Gasteiger partial charge in [-0.3, -0.25) is 9.59 Å². The maximum absolute atomic E-state index is 12.9. The van der Waals surface area contributed by atoms with Gasteiger partial charge in [-0.2, -0.15) is 11.8 Å². The Morgan fingerprint density at radius 3 is 2.79 bits per heavy atom. The molecule has 128 valence electrons. The first-order valence-electron chi connectivity index (χ1n) is 8.20. The number of amides is 2. The highest BCUT2D eigenvalue weighted by Gasteiger charge is 2.37. The van der Waals surface area contributed by atoms with E-state index in [1.54, 1.807) is 16.7 Å². The van der Waals surface area contributed by atoms with Crippen molar-refractivity contribution in [1.82, 2.24) is 9.80 Å². The minimum absolute atomic E-state index is 0.0103. The van der Waals surface area contributed by atoms with Crippen molar-refractivity contribution in [1.29, 1.82) is 0 Å². The van der Waals surface area contributed by atoms with Crippen molar-refractivity contribution in [2.45, 2.75) is 18.6 Å². The van der Waals surface area contributed by atoms with Crippen LogP contribution in [-0.2, 0) is 9.59 Å². The highest BCUT2D eigenvalue weighted by Crippen LogP contribution is 2.23. The van der Waals surface area contributed by atoms with E-state index in [9.17, 15) is 9.59 Å². The Morgan fingerprint density at radius 2 is 2.04 bits per heavy atom. The van der Waals surface area contributed by atoms with Gasteiger partial charge >= 0.3 is 0 Å². The van der Waals surface area contributed by atoms with Crippen molar-refractivity contribution >= 4 is 23.6 Å². The van der Waals surface area contributed by atoms with E-state index in [0.29, 0.717) is 25.4 Å². The molecule has 2 amide bonds. The molecule has 24 heavy (non-hydrogen) atoms. The van der Waals surface area contributed by atoms with Crippen molar-refractivity contribution in [3.63, 3.8) is 0 Å². The number of thioether (sulfide) groups is 1. The molecule has 0 saturated carbocycles. The molecule has 3 rings (SSSR count). The van der Waals surface area contributed by atoms with Gasteiger partial charge in [-0.05, 0) is 18.2 Å². The molecule has 0 spiro atoms. The predicted octanol–water partition coefficient (Wildman–Crippen LogP) is 1.80. The second-order valence-electron chi connectivity index (χ2n) is 5.95. The second-order valence-corrected chi connectivity index (χ2v) is 7.10. The van der Waals surface area contributed by atoms with E-state index < -0.39 is 0 Å². The lowest BCUT2D eigenvalue weighted by Gasteiger charge is -2.35. The van der Waals surface area contributed by atoms with Gasteiger partial charge in [0, 0.05) is 31.0 Å². The zero-order valence-corrected chi connectivity index (χ0v) is 14.4. The topological polar surface area (TPSA) is 49.9 Å². The third-order valence-corrected chi connectivity index (χ3v) is 5.40. The minimum Gasteiger partial charge on any atom is -0.489 e. The first-order chi connectivity index (χ1) is 11.7. The lowest BCUT2D eigenvalue weighted by atomic mass is 10.2. The zero-order valence-electron chi connectivity index (χ0n) is 13.6. The first kappa shape index (κ1) is 16.9.